The van der Waals surface area contributed by atoms with Crippen LogP contribution >= 0.6 is 15.9 Å². The van der Waals surface area contributed by atoms with Gasteiger partial charge in [0.05, 0.1) is 11.5 Å². The molecule has 7 heteroatoms. The average Bonchev–Trinajstić information content (AvgIpc) is 2.91. The van der Waals surface area contributed by atoms with Gasteiger partial charge in [0.15, 0.2) is 0 Å². The van der Waals surface area contributed by atoms with E-state index < -0.39 is 10.0 Å². The van der Waals surface area contributed by atoms with Crippen molar-refractivity contribution in [3.8, 4) is 0 Å². The van der Waals surface area contributed by atoms with Crippen molar-refractivity contribution in [2.75, 3.05) is 19.8 Å². The predicted octanol–water partition coefficient (Wildman–Crippen LogP) is 1.93. The normalized spacial score (nSPS) is 19.1. The lowest BCUT2D eigenvalue weighted by Crippen LogP contribution is -2.35. The highest BCUT2D eigenvalue weighted by atomic mass is 79.9. The highest BCUT2D eigenvalue weighted by Gasteiger charge is 2.25. The summed E-state index contributed by atoms with van der Waals surface area (Å²) in [6.07, 6.45) is 0.719. The number of sulfonamides is 1. The van der Waals surface area contributed by atoms with Gasteiger partial charge in [0, 0.05) is 23.7 Å². The minimum absolute atomic E-state index is 0.134. The van der Waals surface area contributed by atoms with Crippen molar-refractivity contribution >= 4 is 26.0 Å². The second-order valence-electron chi connectivity index (χ2n) is 5.16. The van der Waals surface area contributed by atoms with E-state index in [0.29, 0.717) is 24.7 Å². The Morgan fingerprint density at radius 1 is 1.43 bits per heavy atom. The number of rotatable bonds is 6. The number of halogens is 1. The van der Waals surface area contributed by atoms with Gasteiger partial charge in [-0.15, -0.1) is 0 Å². The van der Waals surface area contributed by atoms with Gasteiger partial charge in [-0.2, -0.15) is 0 Å². The van der Waals surface area contributed by atoms with Crippen LogP contribution in [-0.4, -0.2) is 34.2 Å². The standard InChI is InChI=1S/C14H21BrN2O3S/c1-3-16-8-11-6-13(15)10(2)14(7-11)21(18,19)17-12-4-5-20-9-12/h6-7,12,16-17H,3-5,8-9H2,1-2H3. The summed E-state index contributed by atoms with van der Waals surface area (Å²) in [5, 5.41) is 3.21. The molecule has 2 N–H and O–H groups in total. The Kier molecular flexibility index (Phi) is 5.79. The third-order valence-corrected chi connectivity index (χ3v) is 5.95. The molecule has 2 rings (SSSR count). The van der Waals surface area contributed by atoms with E-state index in [1.807, 2.05) is 13.0 Å². The van der Waals surface area contributed by atoms with Crippen LogP contribution in [0.3, 0.4) is 0 Å². The van der Waals surface area contributed by atoms with Crippen LogP contribution < -0.4 is 10.0 Å². The van der Waals surface area contributed by atoms with Gasteiger partial charge in [0.1, 0.15) is 0 Å². The Balaban J connectivity index is 2.29. The van der Waals surface area contributed by atoms with Gasteiger partial charge >= 0.3 is 0 Å². The number of ether oxygens (including phenoxy) is 1. The summed E-state index contributed by atoms with van der Waals surface area (Å²) < 4.78 is 33.9. The van der Waals surface area contributed by atoms with Gasteiger partial charge in [-0.1, -0.05) is 22.9 Å². The van der Waals surface area contributed by atoms with Gasteiger partial charge in [-0.05, 0) is 43.1 Å². The fraction of sp³-hybridized carbons (Fsp3) is 0.571. The summed E-state index contributed by atoms with van der Waals surface area (Å²) in [4.78, 5) is 0.330. The second-order valence-corrected chi connectivity index (χ2v) is 7.70. The lowest BCUT2D eigenvalue weighted by Gasteiger charge is -2.15. The number of benzene rings is 1. The van der Waals surface area contributed by atoms with E-state index in [2.05, 4.69) is 26.0 Å². The smallest absolute Gasteiger partial charge is 0.241 e. The van der Waals surface area contributed by atoms with Crippen molar-refractivity contribution in [2.24, 2.45) is 0 Å². The Morgan fingerprint density at radius 3 is 2.81 bits per heavy atom. The van der Waals surface area contributed by atoms with Crippen LogP contribution in [0.4, 0.5) is 0 Å². The van der Waals surface area contributed by atoms with Crippen LogP contribution in [0.15, 0.2) is 21.5 Å². The van der Waals surface area contributed by atoms with Crippen molar-refractivity contribution in [1.29, 1.82) is 0 Å². The van der Waals surface area contributed by atoms with E-state index in [4.69, 9.17) is 4.74 Å². The Hall–Kier alpha value is -0.470. The molecule has 0 aliphatic carbocycles. The SMILES string of the molecule is CCNCc1cc(Br)c(C)c(S(=O)(=O)NC2CCOC2)c1. The van der Waals surface area contributed by atoms with Crippen LogP contribution in [0.2, 0.25) is 0 Å². The zero-order valence-corrected chi connectivity index (χ0v) is 14.7. The van der Waals surface area contributed by atoms with Crippen molar-refractivity contribution in [3.05, 3.63) is 27.7 Å². The molecule has 1 aliphatic heterocycles. The number of hydrogen-bond donors (Lipinski definition) is 2. The van der Waals surface area contributed by atoms with Gasteiger partial charge in [-0.25, -0.2) is 13.1 Å². The molecule has 1 atom stereocenters. The molecular weight excluding hydrogens is 356 g/mol. The van der Waals surface area contributed by atoms with E-state index in [-0.39, 0.29) is 6.04 Å². The molecule has 21 heavy (non-hydrogen) atoms. The monoisotopic (exact) mass is 376 g/mol. The van der Waals surface area contributed by atoms with E-state index in [0.717, 1.165) is 28.6 Å². The molecule has 1 aromatic carbocycles. The average molecular weight is 377 g/mol. The van der Waals surface area contributed by atoms with Gasteiger partial charge in [0.25, 0.3) is 0 Å². The second kappa shape index (κ2) is 7.19. The van der Waals surface area contributed by atoms with Crippen molar-refractivity contribution < 1.29 is 13.2 Å². The Morgan fingerprint density at radius 2 is 2.19 bits per heavy atom. The maximum absolute atomic E-state index is 12.6. The Labute approximate surface area is 134 Å². The molecule has 1 saturated heterocycles. The molecular formula is C14H21BrN2O3S. The predicted molar refractivity (Wildman–Crippen MR) is 85.8 cm³/mol. The van der Waals surface area contributed by atoms with Crippen LogP contribution in [0.25, 0.3) is 0 Å². The van der Waals surface area contributed by atoms with E-state index in [1.165, 1.54) is 0 Å². The summed E-state index contributed by atoms with van der Waals surface area (Å²) in [6, 6.07) is 3.56. The highest BCUT2D eigenvalue weighted by molar-refractivity contribution is 9.10. The largest absolute Gasteiger partial charge is 0.380 e. The number of hydrogen-bond acceptors (Lipinski definition) is 4. The van der Waals surface area contributed by atoms with E-state index >= 15 is 0 Å². The molecule has 1 aromatic rings. The summed E-state index contributed by atoms with van der Waals surface area (Å²) >= 11 is 3.45. The first-order valence-electron chi connectivity index (χ1n) is 7.04. The van der Waals surface area contributed by atoms with Crippen molar-refractivity contribution in [2.45, 2.75) is 37.8 Å². The van der Waals surface area contributed by atoms with Crippen molar-refractivity contribution in [1.82, 2.24) is 10.0 Å². The fourth-order valence-electron chi connectivity index (χ4n) is 2.27. The zero-order valence-electron chi connectivity index (χ0n) is 12.3. The molecule has 0 spiro atoms. The minimum Gasteiger partial charge on any atom is -0.380 e. The topological polar surface area (TPSA) is 67.4 Å². The third-order valence-electron chi connectivity index (χ3n) is 3.48. The lowest BCUT2D eigenvalue weighted by molar-refractivity contribution is 0.192. The fourth-order valence-corrected chi connectivity index (χ4v) is 4.48. The molecule has 0 aromatic heterocycles. The summed E-state index contributed by atoms with van der Waals surface area (Å²) in [7, 11) is -3.53. The summed E-state index contributed by atoms with van der Waals surface area (Å²) in [6.45, 7) is 6.35. The van der Waals surface area contributed by atoms with Crippen LogP contribution in [0.5, 0.6) is 0 Å². The Bertz CT molecular complexity index is 598. The zero-order chi connectivity index (χ0) is 15.5. The third kappa shape index (κ3) is 4.26. The first kappa shape index (κ1) is 16.9. The van der Waals surface area contributed by atoms with Crippen LogP contribution in [0, 0.1) is 6.92 Å². The van der Waals surface area contributed by atoms with E-state index in [1.54, 1.807) is 13.0 Å². The molecule has 0 bridgehead atoms. The van der Waals surface area contributed by atoms with Crippen LogP contribution in [-0.2, 0) is 21.3 Å². The molecule has 0 radical (unpaired) electrons. The molecule has 1 fully saturated rings. The lowest BCUT2D eigenvalue weighted by atomic mass is 10.1. The summed E-state index contributed by atoms with van der Waals surface area (Å²) in [5.41, 5.74) is 1.67. The number of nitrogens with one attached hydrogen (secondary N) is 2. The van der Waals surface area contributed by atoms with Crippen LogP contribution in [0.1, 0.15) is 24.5 Å². The molecule has 118 valence electrons. The molecule has 1 unspecified atom stereocenters. The van der Waals surface area contributed by atoms with E-state index in [9.17, 15) is 8.42 Å². The van der Waals surface area contributed by atoms with Gasteiger partial charge in [0.2, 0.25) is 10.0 Å². The maximum Gasteiger partial charge on any atom is 0.241 e. The molecule has 0 saturated carbocycles. The minimum atomic E-state index is -3.53. The molecule has 1 aliphatic rings. The quantitative estimate of drug-likeness (QED) is 0.795. The highest BCUT2D eigenvalue weighted by Crippen LogP contribution is 2.26. The first-order chi connectivity index (χ1) is 9.94. The van der Waals surface area contributed by atoms with Gasteiger partial charge < -0.3 is 10.1 Å². The molecule has 0 amide bonds. The van der Waals surface area contributed by atoms with Crippen molar-refractivity contribution in [3.63, 3.8) is 0 Å². The molecule has 5 nitrogen and oxygen atoms in total. The molecule has 1 heterocycles. The first-order valence-corrected chi connectivity index (χ1v) is 9.31. The van der Waals surface area contributed by atoms with Gasteiger partial charge in [-0.3, -0.25) is 0 Å². The summed E-state index contributed by atoms with van der Waals surface area (Å²) in [5.74, 6) is 0. The maximum atomic E-state index is 12.6.